The van der Waals surface area contributed by atoms with Crippen LogP contribution in [-0.4, -0.2) is 10.7 Å². The van der Waals surface area contributed by atoms with Crippen molar-refractivity contribution in [2.75, 3.05) is 5.75 Å². The number of aryl methyl sites for hydroxylation is 4. The molecular weight excluding hydrogens is 246 g/mol. The fourth-order valence-electron chi connectivity index (χ4n) is 1.80. The van der Waals surface area contributed by atoms with Gasteiger partial charge < -0.3 is 0 Å². The van der Waals surface area contributed by atoms with Gasteiger partial charge in [0.25, 0.3) is 0 Å². The van der Waals surface area contributed by atoms with Crippen LogP contribution in [-0.2, 0) is 19.3 Å². The van der Waals surface area contributed by atoms with Gasteiger partial charge in [-0.3, -0.25) is 0 Å². The van der Waals surface area contributed by atoms with Gasteiger partial charge in [-0.2, -0.15) is 12.6 Å². The van der Waals surface area contributed by atoms with Gasteiger partial charge in [0.2, 0.25) is 0 Å². The highest BCUT2D eigenvalue weighted by Crippen LogP contribution is 2.12. The van der Waals surface area contributed by atoms with E-state index in [0.29, 0.717) is 0 Å². The molecule has 0 aliphatic heterocycles. The molecule has 0 saturated heterocycles. The Balaban J connectivity index is 1.90. The molecule has 2 aromatic rings. The average Bonchev–Trinajstić information content (AvgIpc) is 2.75. The Bertz CT molecular complexity index is 459. The number of thiazole rings is 1. The second-order valence-corrected chi connectivity index (χ2v) is 5.66. The second kappa shape index (κ2) is 6.22. The van der Waals surface area contributed by atoms with Crippen LogP contribution < -0.4 is 0 Å². The Morgan fingerprint density at radius 1 is 1.06 bits per heavy atom. The molecule has 2 rings (SSSR count). The molecule has 0 aliphatic carbocycles. The predicted molar refractivity (Wildman–Crippen MR) is 78.3 cm³/mol. The summed E-state index contributed by atoms with van der Waals surface area (Å²) in [6.45, 7) is 2.06. The molecule has 0 spiro atoms. The standard InChI is InChI=1S/C14H17NS2/c1-11-15-14(10-17-11)7-6-12-2-4-13(5-3-12)8-9-16/h2-5,10,16H,6-9H2,1H3. The summed E-state index contributed by atoms with van der Waals surface area (Å²) < 4.78 is 0. The van der Waals surface area contributed by atoms with Crippen molar-refractivity contribution in [3.8, 4) is 0 Å². The first kappa shape index (κ1) is 12.7. The zero-order valence-corrected chi connectivity index (χ0v) is 11.7. The van der Waals surface area contributed by atoms with Crippen molar-refractivity contribution in [1.29, 1.82) is 0 Å². The molecule has 0 unspecified atom stereocenters. The number of benzene rings is 1. The summed E-state index contributed by atoms with van der Waals surface area (Å²) in [5.74, 6) is 0.914. The van der Waals surface area contributed by atoms with Crippen molar-refractivity contribution in [1.82, 2.24) is 4.98 Å². The zero-order valence-electron chi connectivity index (χ0n) is 10.0. The van der Waals surface area contributed by atoms with Crippen LogP contribution in [0.1, 0.15) is 21.8 Å². The van der Waals surface area contributed by atoms with Gasteiger partial charge in [0.15, 0.2) is 0 Å². The Kier molecular flexibility index (Phi) is 4.63. The fourth-order valence-corrected chi connectivity index (χ4v) is 2.70. The lowest BCUT2D eigenvalue weighted by molar-refractivity contribution is 0.918. The van der Waals surface area contributed by atoms with E-state index in [2.05, 4.69) is 54.2 Å². The highest BCUT2D eigenvalue weighted by molar-refractivity contribution is 7.80. The molecule has 0 bridgehead atoms. The SMILES string of the molecule is Cc1nc(CCc2ccc(CCS)cc2)cs1. The smallest absolute Gasteiger partial charge is 0.0897 e. The van der Waals surface area contributed by atoms with Crippen LogP contribution in [0.15, 0.2) is 29.6 Å². The number of hydrogen-bond donors (Lipinski definition) is 1. The van der Waals surface area contributed by atoms with E-state index in [1.807, 2.05) is 0 Å². The molecule has 1 nitrogen and oxygen atoms in total. The molecule has 0 amide bonds. The van der Waals surface area contributed by atoms with Crippen LogP contribution in [0.4, 0.5) is 0 Å². The average molecular weight is 263 g/mol. The van der Waals surface area contributed by atoms with E-state index >= 15 is 0 Å². The molecule has 1 aromatic carbocycles. The molecular formula is C14H17NS2. The molecule has 0 aliphatic rings. The zero-order chi connectivity index (χ0) is 12.1. The van der Waals surface area contributed by atoms with Crippen LogP contribution in [0.2, 0.25) is 0 Å². The Hall–Kier alpha value is -0.800. The van der Waals surface area contributed by atoms with E-state index in [9.17, 15) is 0 Å². The summed E-state index contributed by atoms with van der Waals surface area (Å²) in [5.41, 5.74) is 3.97. The molecule has 0 atom stereocenters. The number of nitrogens with zero attached hydrogens (tertiary/aromatic N) is 1. The highest BCUT2D eigenvalue weighted by atomic mass is 32.1. The molecule has 1 heterocycles. The molecule has 0 saturated carbocycles. The third-order valence-corrected chi connectivity index (χ3v) is 3.81. The summed E-state index contributed by atoms with van der Waals surface area (Å²) >= 11 is 5.97. The van der Waals surface area contributed by atoms with Crippen LogP contribution in [0.3, 0.4) is 0 Å². The summed E-state index contributed by atoms with van der Waals surface area (Å²) in [7, 11) is 0. The number of aromatic nitrogens is 1. The minimum Gasteiger partial charge on any atom is -0.247 e. The Morgan fingerprint density at radius 2 is 1.71 bits per heavy atom. The maximum atomic E-state index is 4.48. The third-order valence-electron chi connectivity index (χ3n) is 2.76. The molecule has 0 radical (unpaired) electrons. The van der Waals surface area contributed by atoms with Gasteiger partial charge in [-0.15, -0.1) is 11.3 Å². The van der Waals surface area contributed by atoms with E-state index in [1.165, 1.54) is 16.8 Å². The normalized spacial score (nSPS) is 10.7. The largest absolute Gasteiger partial charge is 0.247 e. The van der Waals surface area contributed by atoms with Gasteiger partial charge in [-0.05, 0) is 43.1 Å². The first-order valence-electron chi connectivity index (χ1n) is 5.87. The van der Waals surface area contributed by atoms with Gasteiger partial charge in [-0.1, -0.05) is 24.3 Å². The van der Waals surface area contributed by atoms with Gasteiger partial charge in [0.05, 0.1) is 10.7 Å². The molecule has 1 aromatic heterocycles. The molecule has 90 valence electrons. The summed E-state index contributed by atoms with van der Waals surface area (Å²) in [6, 6.07) is 8.85. The first-order chi connectivity index (χ1) is 8.28. The van der Waals surface area contributed by atoms with Gasteiger partial charge in [-0.25, -0.2) is 4.98 Å². The fraction of sp³-hybridized carbons (Fsp3) is 0.357. The Morgan fingerprint density at radius 3 is 2.24 bits per heavy atom. The van der Waals surface area contributed by atoms with Crippen molar-refractivity contribution in [2.24, 2.45) is 0 Å². The van der Waals surface area contributed by atoms with Crippen molar-refractivity contribution in [2.45, 2.75) is 26.2 Å². The summed E-state index contributed by atoms with van der Waals surface area (Å²) in [5, 5.41) is 3.31. The minimum atomic E-state index is 0.914. The number of hydrogen-bond acceptors (Lipinski definition) is 3. The molecule has 17 heavy (non-hydrogen) atoms. The van der Waals surface area contributed by atoms with Gasteiger partial charge in [0.1, 0.15) is 0 Å². The van der Waals surface area contributed by atoms with E-state index in [0.717, 1.165) is 30.0 Å². The number of thiol groups is 1. The van der Waals surface area contributed by atoms with Crippen LogP contribution in [0.25, 0.3) is 0 Å². The first-order valence-corrected chi connectivity index (χ1v) is 7.39. The van der Waals surface area contributed by atoms with Crippen molar-refractivity contribution >= 4 is 24.0 Å². The van der Waals surface area contributed by atoms with E-state index < -0.39 is 0 Å². The van der Waals surface area contributed by atoms with Crippen LogP contribution in [0.5, 0.6) is 0 Å². The lowest BCUT2D eigenvalue weighted by atomic mass is 10.1. The van der Waals surface area contributed by atoms with Crippen LogP contribution >= 0.6 is 24.0 Å². The number of rotatable bonds is 5. The van der Waals surface area contributed by atoms with E-state index in [4.69, 9.17) is 0 Å². The third kappa shape index (κ3) is 3.86. The summed E-state index contributed by atoms with van der Waals surface area (Å²) in [4.78, 5) is 4.48. The van der Waals surface area contributed by atoms with Gasteiger partial charge in [0, 0.05) is 5.38 Å². The van der Waals surface area contributed by atoms with Crippen LogP contribution in [0, 0.1) is 6.92 Å². The maximum absolute atomic E-state index is 4.48. The molecule has 3 heteroatoms. The van der Waals surface area contributed by atoms with Crippen molar-refractivity contribution in [3.05, 3.63) is 51.5 Å². The maximum Gasteiger partial charge on any atom is 0.0897 e. The lowest BCUT2D eigenvalue weighted by Gasteiger charge is -2.02. The lowest BCUT2D eigenvalue weighted by Crippen LogP contribution is -1.93. The monoisotopic (exact) mass is 263 g/mol. The Labute approximate surface area is 112 Å². The van der Waals surface area contributed by atoms with E-state index in [-0.39, 0.29) is 0 Å². The second-order valence-electron chi connectivity index (χ2n) is 4.15. The topological polar surface area (TPSA) is 12.9 Å². The van der Waals surface area contributed by atoms with E-state index in [1.54, 1.807) is 11.3 Å². The molecule has 0 fully saturated rings. The van der Waals surface area contributed by atoms with Gasteiger partial charge >= 0.3 is 0 Å². The highest BCUT2D eigenvalue weighted by Gasteiger charge is 2.00. The summed E-state index contributed by atoms with van der Waals surface area (Å²) in [6.07, 6.45) is 3.16. The van der Waals surface area contributed by atoms with Crippen molar-refractivity contribution in [3.63, 3.8) is 0 Å². The predicted octanol–water partition coefficient (Wildman–Crippen LogP) is 3.71. The minimum absolute atomic E-state index is 0.914. The molecule has 0 N–H and O–H groups in total. The van der Waals surface area contributed by atoms with Crippen molar-refractivity contribution < 1.29 is 0 Å². The quantitative estimate of drug-likeness (QED) is 0.811.